The van der Waals surface area contributed by atoms with Crippen molar-refractivity contribution in [2.24, 2.45) is 0 Å². The van der Waals surface area contributed by atoms with E-state index in [1.807, 2.05) is 7.05 Å². The monoisotopic (exact) mass is 283 g/mol. The molecule has 0 atom stereocenters. The largest absolute Gasteiger partial charge is 0.490 e. The minimum Gasteiger partial charge on any atom is -0.490 e. The molecule has 1 rings (SSSR count). The molecule has 1 aromatic rings. The fourth-order valence-corrected chi connectivity index (χ4v) is 1.69. The van der Waals surface area contributed by atoms with Crippen LogP contribution in [0, 0.1) is 10.1 Å². The molecule has 112 valence electrons. The Morgan fingerprint density at radius 2 is 2.10 bits per heavy atom. The van der Waals surface area contributed by atoms with Gasteiger partial charge in [0.1, 0.15) is 0 Å². The van der Waals surface area contributed by atoms with Gasteiger partial charge in [-0.15, -0.1) is 0 Å². The van der Waals surface area contributed by atoms with Crippen molar-refractivity contribution < 1.29 is 14.4 Å². The van der Waals surface area contributed by atoms with E-state index in [1.165, 1.54) is 13.2 Å². The number of nitrogens with one attached hydrogen (secondary N) is 1. The van der Waals surface area contributed by atoms with Crippen LogP contribution in [0.4, 0.5) is 11.4 Å². The second-order valence-electron chi connectivity index (χ2n) is 4.37. The van der Waals surface area contributed by atoms with Crippen molar-refractivity contribution in [2.45, 2.75) is 0 Å². The van der Waals surface area contributed by atoms with Gasteiger partial charge in [-0.2, -0.15) is 0 Å². The molecule has 20 heavy (non-hydrogen) atoms. The minimum atomic E-state index is -0.457. The Kier molecular flexibility index (Phi) is 6.75. The Morgan fingerprint density at radius 3 is 2.70 bits per heavy atom. The number of nitro benzene ring substituents is 1. The highest BCUT2D eigenvalue weighted by atomic mass is 16.6. The minimum absolute atomic E-state index is 0.0322. The molecule has 0 aliphatic carbocycles. The van der Waals surface area contributed by atoms with Crippen molar-refractivity contribution in [3.8, 4) is 5.75 Å². The van der Waals surface area contributed by atoms with Crippen LogP contribution in [0.15, 0.2) is 18.2 Å². The predicted molar refractivity (Wildman–Crippen MR) is 77.5 cm³/mol. The Labute approximate surface area is 118 Å². The molecule has 0 saturated carbocycles. The highest BCUT2D eigenvalue weighted by Crippen LogP contribution is 2.29. The topological polar surface area (TPSA) is 76.9 Å². The molecule has 0 radical (unpaired) electrons. The normalized spacial score (nSPS) is 10.6. The first-order chi connectivity index (χ1) is 9.58. The van der Waals surface area contributed by atoms with Crippen LogP contribution in [0.2, 0.25) is 0 Å². The van der Waals surface area contributed by atoms with Gasteiger partial charge < -0.3 is 19.7 Å². The number of hydrogen-bond acceptors (Lipinski definition) is 6. The van der Waals surface area contributed by atoms with Gasteiger partial charge in [0.25, 0.3) is 0 Å². The molecular weight excluding hydrogens is 262 g/mol. The Balaban J connectivity index is 2.50. The maximum Gasteiger partial charge on any atom is 0.311 e. The van der Waals surface area contributed by atoms with Crippen molar-refractivity contribution in [3.05, 3.63) is 28.3 Å². The first kappa shape index (κ1) is 16.2. The smallest absolute Gasteiger partial charge is 0.311 e. The summed E-state index contributed by atoms with van der Waals surface area (Å²) >= 11 is 0. The first-order valence-electron chi connectivity index (χ1n) is 6.32. The van der Waals surface area contributed by atoms with Gasteiger partial charge in [0.2, 0.25) is 0 Å². The van der Waals surface area contributed by atoms with E-state index in [1.54, 1.807) is 19.2 Å². The predicted octanol–water partition coefficient (Wildman–Crippen LogP) is 1.59. The molecule has 0 aliphatic rings. The van der Waals surface area contributed by atoms with E-state index in [0.717, 1.165) is 25.3 Å². The molecule has 0 spiro atoms. The molecule has 0 saturated heterocycles. The first-order valence-corrected chi connectivity index (χ1v) is 6.32. The van der Waals surface area contributed by atoms with Crippen molar-refractivity contribution in [2.75, 3.05) is 52.8 Å². The van der Waals surface area contributed by atoms with Gasteiger partial charge in [-0.1, -0.05) is 0 Å². The van der Waals surface area contributed by atoms with Crippen LogP contribution in [0.3, 0.4) is 0 Å². The van der Waals surface area contributed by atoms with Crippen LogP contribution in [0.1, 0.15) is 0 Å². The van der Waals surface area contributed by atoms with E-state index in [0.29, 0.717) is 6.61 Å². The maximum atomic E-state index is 10.8. The second kappa shape index (κ2) is 8.34. The SMILES string of the molecule is COCCN(C)CCNc1ccc([N+](=O)[O-])c(OC)c1. The number of anilines is 1. The van der Waals surface area contributed by atoms with Crippen molar-refractivity contribution in [3.63, 3.8) is 0 Å². The second-order valence-corrected chi connectivity index (χ2v) is 4.37. The maximum absolute atomic E-state index is 10.8. The number of benzene rings is 1. The van der Waals surface area contributed by atoms with Gasteiger partial charge in [0, 0.05) is 44.6 Å². The van der Waals surface area contributed by atoms with Gasteiger partial charge in [0.15, 0.2) is 5.75 Å². The van der Waals surface area contributed by atoms with Crippen molar-refractivity contribution in [1.29, 1.82) is 0 Å². The van der Waals surface area contributed by atoms with Crippen LogP contribution in [-0.4, -0.2) is 57.3 Å². The molecule has 0 fully saturated rings. The molecule has 1 aromatic carbocycles. The molecule has 0 bridgehead atoms. The van der Waals surface area contributed by atoms with Crippen LogP contribution in [-0.2, 0) is 4.74 Å². The van der Waals surface area contributed by atoms with Crippen molar-refractivity contribution >= 4 is 11.4 Å². The van der Waals surface area contributed by atoms with Crippen LogP contribution < -0.4 is 10.1 Å². The lowest BCUT2D eigenvalue weighted by molar-refractivity contribution is -0.385. The summed E-state index contributed by atoms with van der Waals surface area (Å²) in [6.07, 6.45) is 0. The summed E-state index contributed by atoms with van der Waals surface area (Å²) in [6.45, 7) is 3.15. The van der Waals surface area contributed by atoms with E-state index in [-0.39, 0.29) is 11.4 Å². The van der Waals surface area contributed by atoms with E-state index in [4.69, 9.17) is 9.47 Å². The molecule has 0 unspecified atom stereocenters. The Hall–Kier alpha value is -1.86. The summed E-state index contributed by atoms with van der Waals surface area (Å²) < 4.78 is 10.0. The molecule has 0 aromatic heterocycles. The Morgan fingerprint density at radius 1 is 1.35 bits per heavy atom. The summed E-state index contributed by atoms with van der Waals surface area (Å²) in [4.78, 5) is 12.5. The highest BCUT2D eigenvalue weighted by molar-refractivity contribution is 5.57. The number of nitro groups is 1. The number of rotatable bonds is 9. The lowest BCUT2D eigenvalue weighted by Crippen LogP contribution is -2.28. The molecule has 1 N–H and O–H groups in total. The summed E-state index contributed by atoms with van der Waals surface area (Å²) in [7, 11) is 5.11. The summed E-state index contributed by atoms with van der Waals surface area (Å²) in [5.74, 6) is 0.257. The fourth-order valence-electron chi connectivity index (χ4n) is 1.69. The van der Waals surface area contributed by atoms with E-state index >= 15 is 0 Å². The van der Waals surface area contributed by atoms with Crippen LogP contribution >= 0.6 is 0 Å². The number of hydrogen-bond donors (Lipinski definition) is 1. The lowest BCUT2D eigenvalue weighted by Gasteiger charge is -2.16. The summed E-state index contributed by atoms with van der Waals surface area (Å²) in [6, 6.07) is 4.75. The van der Waals surface area contributed by atoms with Gasteiger partial charge in [-0.25, -0.2) is 0 Å². The zero-order valence-electron chi connectivity index (χ0n) is 12.1. The van der Waals surface area contributed by atoms with E-state index in [2.05, 4.69) is 10.2 Å². The fraction of sp³-hybridized carbons (Fsp3) is 0.538. The van der Waals surface area contributed by atoms with E-state index in [9.17, 15) is 10.1 Å². The lowest BCUT2D eigenvalue weighted by atomic mass is 10.2. The standard InChI is InChI=1S/C13H21N3O4/c1-15(8-9-19-2)7-6-14-11-4-5-12(16(17)18)13(10-11)20-3/h4-5,10,14H,6-9H2,1-3H3. The number of methoxy groups -OCH3 is 2. The Bertz CT molecular complexity index is 440. The molecule has 0 heterocycles. The number of ether oxygens (including phenoxy) is 2. The third-order valence-electron chi connectivity index (χ3n) is 2.88. The van der Waals surface area contributed by atoms with Crippen LogP contribution in [0.25, 0.3) is 0 Å². The zero-order valence-corrected chi connectivity index (χ0v) is 12.1. The number of nitrogens with zero attached hydrogens (tertiary/aromatic N) is 2. The third kappa shape index (κ3) is 5.02. The average molecular weight is 283 g/mol. The summed E-state index contributed by atoms with van der Waals surface area (Å²) in [5, 5.41) is 14.0. The van der Waals surface area contributed by atoms with Gasteiger partial charge in [0.05, 0.1) is 18.6 Å². The highest BCUT2D eigenvalue weighted by Gasteiger charge is 2.14. The molecule has 0 aliphatic heterocycles. The van der Waals surface area contributed by atoms with Crippen LogP contribution in [0.5, 0.6) is 5.75 Å². The zero-order chi connectivity index (χ0) is 15.0. The van der Waals surface area contributed by atoms with Crippen molar-refractivity contribution in [1.82, 2.24) is 4.90 Å². The molecular formula is C13H21N3O4. The van der Waals surface area contributed by atoms with Gasteiger partial charge >= 0.3 is 5.69 Å². The molecule has 7 heteroatoms. The number of likely N-dealkylation sites (N-methyl/N-ethyl adjacent to an activating group) is 1. The van der Waals surface area contributed by atoms with Gasteiger partial charge in [-0.3, -0.25) is 10.1 Å². The quantitative estimate of drug-likeness (QED) is 0.548. The summed E-state index contributed by atoms with van der Waals surface area (Å²) in [5.41, 5.74) is 0.767. The van der Waals surface area contributed by atoms with Gasteiger partial charge in [-0.05, 0) is 13.1 Å². The molecule has 7 nitrogen and oxygen atoms in total. The van der Waals surface area contributed by atoms with E-state index < -0.39 is 4.92 Å². The average Bonchev–Trinajstić information content (AvgIpc) is 2.44. The molecule has 0 amide bonds. The third-order valence-corrected chi connectivity index (χ3v) is 2.88.